The van der Waals surface area contributed by atoms with Crippen molar-refractivity contribution in [2.75, 3.05) is 27.1 Å². The van der Waals surface area contributed by atoms with E-state index in [2.05, 4.69) is 13.0 Å². The normalized spacial score (nSPS) is 11.7. The van der Waals surface area contributed by atoms with Gasteiger partial charge in [0.05, 0.1) is 21.3 Å². The third kappa shape index (κ3) is 3.69. The number of anilines is 1. The molecule has 0 saturated heterocycles. The van der Waals surface area contributed by atoms with E-state index < -0.39 is 0 Å². The number of ether oxygens (including phenoxy) is 3. The zero-order valence-electron chi connectivity index (χ0n) is 16.5. The molecule has 28 heavy (non-hydrogen) atoms. The van der Waals surface area contributed by atoms with Gasteiger partial charge in [-0.1, -0.05) is 25.1 Å². The van der Waals surface area contributed by atoms with E-state index in [-0.39, 0.29) is 11.7 Å². The molecule has 0 aliphatic heterocycles. The zero-order chi connectivity index (χ0) is 20.3. The number of rotatable bonds is 6. The quantitative estimate of drug-likeness (QED) is 0.601. The molecule has 1 unspecified atom stereocenters. The van der Waals surface area contributed by atoms with Gasteiger partial charge in [0.2, 0.25) is 5.75 Å². The molecule has 146 valence electrons. The standard InChI is InChI=1S/C23H25NO4/c1-14(17-12-20(25)23(28-4)22(13-17)27-3)16-7-10-21(26-2)19(11-16)15-5-8-18(24)9-6-15/h5-14,25H,24H2,1-4H3. The molecule has 5 heteroatoms. The van der Waals surface area contributed by atoms with Gasteiger partial charge in [-0.25, -0.2) is 0 Å². The van der Waals surface area contributed by atoms with Gasteiger partial charge in [0.1, 0.15) is 5.75 Å². The molecule has 0 radical (unpaired) electrons. The Morgan fingerprint density at radius 3 is 2.07 bits per heavy atom. The van der Waals surface area contributed by atoms with E-state index in [4.69, 9.17) is 19.9 Å². The maximum absolute atomic E-state index is 10.3. The fraction of sp³-hybridized carbons (Fsp3) is 0.217. The average Bonchev–Trinajstić information content (AvgIpc) is 2.72. The van der Waals surface area contributed by atoms with Gasteiger partial charge in [-0.2, -0.15) is 0 Å². The van der Waals surface area contributed by atoms with Gasteiger partial charge in [-0.3, -0.25) is 0 Å². The van der Waals surface area contributed by atoms with Crippen LogP contribution in [-0.2, 0) is 0 Å². The average molecular weight is 379 g/mol. The van der Waals surface area contributed by atoms with Crippen LogP contribution in [0.25, 0.3) is 11.1 Å². The van der Waals surface area contributed by atoms with E-state index in [1.54, 1.807) is 20.3 Å². The zero-order valence-corrected chi connectivity index (χ0v) is 16.5. The molecule has 1 atom stereocenters. The number of nitrogens with two attached hydrogens (primary N) is 1. The lowest BCUT2D eigenvalue weighted by atomic mass is 9.90. The van der Waals surface area contributed by atoms with Crippen LogP contribution in [0.15, 0.2) is 54.6 Å². The Bertz CT molecular complexity index is 967. The Balaban J connectivity index is 2.05. The molecule has 3 aromatic carbocycles. The number of benzene rings is 3. The number of phenols is 1. The summed E-state index contributed by atoms with van der Waals surface area (Å²) >= 11 is 0. The first-order valence-electron chi connectivity index (χ1n) is 8.97. The fourth-order valence-electron chi connectivity index (χ4n) is 3.29. The summed E-state index contributed by atoms with van der Waals surface area (Å²) in [5, 5.41) is 10.3. The lowest BCUT2D eigenvalue weighted by molar-refractivity contribution is 0.332. The minimum Gasteiger partial charge on any atom is -0.504 e. The highest BCUT2D eigenvalue weighted by Gasteiger charge is 2.18. The Kier molecular flexibility index (Phi) is 5.64. The van der Waals surface area contributed by atoms with Crippen molar-refractivity contribution in [1.82, 2.24) is 0 Å². The molecule has 0 aromatic heterocycles. The summed E-state index contributed by atoms with van der Waals surface area (Å²) in [5.74, 6) is 1.68. The van der Waals surface area contributed by atoms with Gasteiger partial charge >= 0.3 is 0 Å². The molecule has 5 nitrogen and oxygen atoms in total. The molecular formula is C23H25NO4. The Labute approximate surface area is 165 Å². The van der Waals surface area contributed by atoms with E-state index in [1.165, 1.54) is 7.11 Å². The van der Waals surface area contributed by atoms with Crippen LogP contribution in [0.4, 0.5) is 5.69 Å². The van der Waals surface area contributed by atoms with Crippen LogP contribution in [0.1, 0.15) is 24.0 Å². The summed E-state index contributed by atoms with van der Waals surface area (Å²) in [5.41, 5.74) is 10.5. The first-order valence-corrected chi connectivity index (χ1v) is 8.97. The molecule has 0 fully saturated rings. The summed E-state index contributed by atoms with van der Waals surface area (Å²) in [6, 6.07) is 17.4. The fourth-order valence-corrected chi connectivity index (χ4v) is 3.29. The predicted molar refractivity (Wildman–Crippen MR) is 112 cm³/mol. The van der Waals surface area contributed by atoms with Crippen LogP contribution in [0.5, 0.6) is 23.0 Å². The monoisotopic (exact) mass is 379 g/mol. The van der Waals surface area contributed by atoms with Crippen molar-refractivity contribution >= 4 is 5.69 Å². The van der Waals surface area contributed by atoms with Crippen LogP contribution in [-0.4, -0.2) is 26.4 Å². The summed E-state index contributed by atoms with van der Waals surface area (Å²) in [6.07, 6.45) is 0. The molecule has 0 saturated carbocycles. The van der Waals surface area contributed by atoms with Crippen molar-refractivity contribution in [3.63, 3.8) is 0 Å². The molecule has 0 amide bonds. The van der Waals surface area contributed by atoms with E-state index in [0.717, 1.165) is 28.0 Å². The topological polar surface area (TPSA) is 73.9 Å². The number of hydrogen-bond acceptors (Lipinski definition) is 5. The lowest BCUT2D eigenvalue weighted by Crippen LogP contribution is -2.00. The van der Waals surface area contributed by atoms with Crippen LogP contribution in [0.3, 0.4) is 0 Å². The SMILES string of the molecule is COc1ccc(C(C)c2cc(O)c(OC)c(OC)c2)cc1-c1ccc(N)cc1. The van der Waals surface area contributed by atoms with Crippen molar-refractivity contribution in [2.45, 2.75) is 12.8 Å². The number of methoxy groups -OCH3 is 3. The predicted octanol–water partition coefficient (Wildman–Crippen LogP) is 4.82. The van der Waals surface area contributed by atoms with Crippen LogP contribution < -0.4 is 19.9 Å². The Morgan fingerprint density at radius 2 is 1.46 bits per heavy atom. The van der Waals surface area contributed by atoms with Crippen LogP contribution in [0, 0.1) is 0 Å². The number of nitrogen functional groups attached to an aromatic ring is 1. The molecular weight excluding hydrogens is 354 g/mol. The van der Waals surface area contributed by atoms with Gasteiger partial charge in [0.25, 0.3) is 0 Å². The molecule has 0 bridgehead atoms. The number of hydrogen-bond donors (Lipinski definition) is 2. The minimum absolute atomic E-state index is 0.0177. The summed E-state index contributed by atoms with van der Waals surface area (Å²) in [4.78, 5) is 0. The lowest BCUT2D eigenvalue weighted by Gasteiger charge is -2.18. The smallest absolute Gasteiger partial charge is 0.203 e. The Hall–Kier alpha value is -3.34. The maximum Gasteiger partial charge on any atom is 0.203 e. The third-order valence-corrected chi connectivity index (χ3v) is 4.93. The summed E-state index contributed by atoms with van der Waals surface area (Å²) < 4.78 is 16.1. The van der Waals surface area contributed by atoms with Crippen molar-refractivity contribution in [1.29, 1.82) is 0 Å². The van der Waals surface area contributed by atoms with Gasteiger partial charge in [0, 0.05) is 17.2 Å². The van der Waals surface area contributed by atoms with E-state index >= 15 is 0 Å². The van der Waals surface area contributed by atoms with E-state index in [9.17, 15) is 5.11 Å². The largest absolute Gasteiger partial charge is 0.504 e. The van der Waals surface area contributed by atoms with Crippen LogP contribution in [0.2, 0.25) is 0 Å². The van der Waals surface area contributed by atoms with Gasteiger partial charge in [-0.15, -0.1) is 0 Å². The van der Waals surface area contributed by atoms with Crippen molar-refractivity contribution < 1.29 is 19.3 Å². The molecule has 0 aliphatic rings. The number of aromatic hydroxyl groups is 1. The molecule has 3 rings (SSSR count). The van der Waals surface area contributed by atoms with Crippen molar-refractivity contribution in [3.05, 3.63) is 65.7 Å². The highest BCUT2D eigenvalue weighted by Crippen LogP contribution is 2.41. The van der Waals surface area contributed by atoms with Gasteiger partial charge in [-0.05, 0) is 53.1 Å². The first kappa shape index (κ1) is 19.4. The highest BCUT2D eigenvalue weighted by molar-refractivity contribution is 5.73. The second kappa shape index (κ2) is 8.13. The molecule has 3 N–H and O–H groups in total. The van der Waals surface area contributed by atoms with Crippen LogP contribution >= 0.6 is 0 Å². The molecule has 0 aliphatic carbocycles. The summed E-state index contributed by atoms with van der Waals surface area (Å²) in [6.45, 7) is 2.08. The van der Waals surface area contributed by atoms with Crippen molar-refractivity contribution in [3.8, 4) is 34.1 Å². The van der Waals surface area contributed by atoms with Crippen molar-refractivity contribution in [2.24, 2.45) is 0 Å². The summed E-state index contributed by atoms with van der Waals surface area (Å²) in [7, 11) is 4.72. The van der Waals surface area contributed by atoms with Gasteiger partial charge in [0.15, 0.2) is 11.5 Å². The number of phenolic OH excluding ortho intramolecular Hbond substituents is 1. The highest BCUT2D eigenvalue weighted by atomic mass is 16.5. The second-order valence-electron chi connectivity index (χ2n) is 6.58. The molecule has 0 heterocycles. The van der Waals surface area contributed by atoms with E-state index in [1.807, 2.05) is 42.5 Å². The van der Waals surface area contributed by atoms with Gasteiger partial charge < -0.3 is 25.1 Å². The minimum atomic E-state index is 0.0177. The van der Waals surface area contributed by atoms with E-state index in [0.29, 0.717) is 17.2 Å². The Morgan fingerprint density at radius 1 is 0.786 bits per heavy atom. The maximum atomic E-state index is 10.3. The third-order valence-electron chi connectivity index (χ3n) is 4.93. The first-order chi connectivity index (χ1) is 13.5. The molecule has 0 spiro atoms. The second-order valence-corrected chi connectivity index (χ2v) is 6.58. The molecule has 3 aromatic rings.